The smallest absolute Gasteiger partial charge is 0.274 e. The lowest BCUT2D eigenvalue weighted by atomic mass is 9.91. The van der Waals surface area contributed by atoms with Crippen LogP contribution in [0.2, 0.25) is 0 Å². The summed E-state index contributed by atoms with van der Waals surface area (Å²) >= 11 is 3.44. The Labute approximate surface area is 175 Å². The summed E-state index contributed by atoms with van der Waals surface area (Å²) in [7, 11) is 0. The van der Waals surface area contributed by atoms with Gasteiger partial charge >= 0.3 is 0 Å². The zero-order chi connectivity index (χ0) is 20.6. The Hall–Kier alpha value is -3.51. The molecule has 3 heterocycles. The van der Waals surface area contributed by atoms with Gasteiger partial charge in [0, 0.05) is 11.9 Å². The van der Waals surface area contributed by atoms with Crippen molar-refractivity contribution in [2.24, 2.45) is 10.7 Å². The van der Waals surface area contributed by atoms with Crippen molar-refractivity contribution in [1.82, 2.24) is 14.8 Å². The Bertz CT molecular complexity index is 1180. The molecule has 3 aromatic rings. The first-order valence-electron chi connectivity index (χ1n) is 8.75. The van der Waals surface area contributed by atoms with Gasteiger partial charge in [0.25, 0.3) is 5.91 Å². The number of carbonyl (C=O) groups excluding carboxylic acids is 1. The number of aliphatic imine (C=N–C) groups is 1. The largest absolute Gasteiger partial charge is 0.382 e. The molecule has 0 bridgehead atoms. The van der Waals surface area contributed by atoms with E-state index in [1.54, 1.807) is 18.3 Å². The molecule has 3 N–H and O–H groups in total. The summed E-state index contributed by atoms with van der Waals surface area (Å²) in [6, 6.07) is 12.5. The first-order valence-corrected chi connectivity index (χ1v) is 9.54. The summed E-state index contributed by atoms with van der Waals surface area (Å²) in [6.07, 6.45) is 3.07. The third-order valence-electron chi connectivity index (χ3n) is 4.73. The zero-order valence-electron chi connectivity index (χ0n) is 15.4. The molecule has 1 aromatic carbocycles. The molecule has 4 rings (SSSR count). The lowest BCUT2D eigenvalue weighted by molar-refractivity contribution is 0.102. The predicted molar refractivity (Wildman–Crippen MR) is 111 cm³/mol. The second-order valence-electron chi connectivity index (χ2n) is 6.85. The summed E-state index contributed by atoms with van der Waals surface area (Å²) in [6.45, 7) is 2.49. The van der Waals surface area contributed by atoms with Crippen LogP contribution in [0, 0.1) is 11.3 Å². The maximum absolute atomic E-state index is 12.5. The van der Waals surface area contributed by atoms with Crippen molar-refractivity contribution in [3.63, 3.8) is 0 Å². The van der Waals surface area contributed by atoms with Crippen LogP contribution >= 0.6 is 15.9 Å². The fourth-order valence-corrected chi connectivity index (χ4v) is 3.76. The number of anilines is 1. The van der Waals surface area contributed by atoms with E-state index in [2.05, 4.69) is 31.3 Å². The van der Waals surface area contributed by atoms with Gasteiger partial charge in [-0.25, -0.2) is 4.98 Å². The highest BCUT2D eigenvalue weighted by molar-refractivity contribution is 9.10. The SMILES string of the molecule is CC1(c2cccc(NC(=O)c3ccc(C#N)cn3)c2)Cn2ncc(Br)c2C(N)=N1. The number of nitrogens with one attached hydrogen (secondary N) is 1. The normalized spacial score (nSPS) is 17.8. The van der Waals surface area contributed by atoms with Gasteiger partial charge in [0.15, 0.2) is 0 Å². The van der Waals surface area contributed by atoms with Crippen LogP contribution in [-0.2, 0) is 12.1 Å². The molecule has 1 aliphatic heterocycles. The van der Waals surface area contributed by atoms with Gasteiger partial charge in [-0.2, -0.15) is 10.4 Å². The van der Waals surface area contributed by atoms with Crippen molar-refractivity contribution in [2.45, 2.75) is 19.0 Å². The number of hydrogen-bond acceptors (Lipinski definition) is 6. The molecule has 0 fully saturated rings. The van der Waals surface area contributed by atoms with Gasteiger partial charge in [0.2, 0.25) is 0 Å². The predicted octanol–water partition coefficient (Wildman–Crippen LogP) is 2.80. The highest BCUT2D eigenvalue weighted by atomic mass is 79.9. The Morgan fingerprint density at radius 2 is 2.17 bits per heavy atom. The van der Waals surface area contributed by atoms with E-state index in [0.29, 0.717) is 23.6 Å². The van der Waals surface area contributed by atoms with Crippen LogP contribution in [0.4, 0.5) is 5.69 Å². The fourth-order valence-electron chi connectivity index (χ4n) is 3.26. The van der Waals surface area contributed by atoms with Gasteiger partial charge in [-0.15, -0.1) is 0 Å². The second kappa shape index (κ2) is 7.14. The monoisotopic (exact) mass is 449 g/mol. The van der Waals surface area contributed by atoms with E-state index in [9.17, 15) is 4.79 Å². The average Bonchev–Trinajstić information content (AvgIpc) is 3.09. The van der Waals surface area contributed by atoms with E-state index in [1.807, 2.05) is 35.9 Å². The number of rotatable bonds is 3. The molecule has 1 unspecified atom stereocenters. The minimum absolute atomic E-state index is 0.228. The molecule has 0 saturated heterocycles. The van der Waals surface area contributed by atoms with Gasteiger partial charge in [-0.05, 0) is 52.7 Å². The molecule has 29 heavy (non-hydrogen) atoms. The first-order chi connectivity index (χ1) is 13.9. The van der Waals surface area contributed by atoms with Crippen LogP contribution in [0.3, 0.4) is 0 Å². The molecule has 9 heteroatoms. The number of benzene rings is 1. The topological polar surface area (TPSA) is 122 Å². The zero-order valence-corrected chi connectivity index (χ0v) is 17.0. The van der Waals surface area contributed by atoms with Crippen LogP contribution in [-0.4, -0.2) is 26.5 Å². The number of pyridine rings is 1. The number of halogens is 1. The number of hydrogen-bond donors (Lipinski definition) is 2. The quantitative estimate of drug-likeness (QED) is 0.636. The number of nitriles is 1. The maximum Gasteiger partial charge on any atom is 0.274 e. The van der Waals surface area contributed by atoms with E-state index >= 15 is 0 Å². The Balaban J connectivity index is 1.60. The highest BCUT2D eigenvalue weighted by Crippen LogP contribution is 2.34. The maximum atomic E-state index is 12.5. The molecule has 1 aliphatic rings. The summed E-state index contributed by atoms with van der Waals surface area (Å²) < 4.78 is 2.62. The molecule has 1 amide bonds. The second-order valence-corrected chi connectivity index (χ2v) is 7.70. The van der Waals surface area contributed by atoms with Crippen LogP contribution in [0.5, 0.6) is 0 Å². The Kier molecular flexibility index (Phi) is 4.64. The van der Waals surface area contributed by atoms with Crippen LogP contribution in [0.25, 0.3) is 0 Å². The number of aromatic nitrogens is 3. The molecule has 0 saturated carbocycles. The van der Waals surface area contributed by atoms with Crippen molar-refractivity contribution in [1.29, 1.82) is 5.26 Å². The van der Waals surface area contributed by atoms with Crippen molar-refractivity contribution in [3.8, 4) is 6.07 Å². The number of amidine groups is 1. The van der Waals surface area contributed by atoms with Crippen LogP contribution in [0.1, 0.15) is 34.2 Å². The molecule has 0 spiro atoms. The molecule has 0 aliphatic carbocycles. The highest BCUT2D eigenvalue weighted by Gasteiger charge is 2.34. The molecule has 2 aromatic heterocycles. The summed E-state index contributed by atoms with van der Waals surface area (Å²) in [5.41, 5.74) is 8.44. The van der Waals surface area contributed by atoms with Gasteiger partial charge in [-0.3, -0.25) is 14.5 Å². The van der Waals surface area contributed by atoms with Gasteiger partial charge in [0.05, 0.1) is 22.8 Å². The fraction of sp³-hybridized carbons (Fsp3) is 0.150. The number of carbonyl (C=O) groups is 1. The standard InChI is InChI=1S/C20H16BrN7O/c1-20(11-28-17(18(23)27-20)15(21)10-25-28)13-3-2-4-14(7-13)26-19(29)16-6-5-12(8-22)9-24-16/h2-7,9-10H,11H2,1H3,(H2,23,27)(H,26,29). The number of nitrogens with two attached hydrogens (primary N) is 1. The van der Waals surface area contributed by atoms with E-state index < -0.39 is 5.54 Å². The average molecular weight is 450 g/mol. The third-order valence-corrected chi connectivity index (χ3v) is 5.31. The lowest BCUT2D eigenvalue weighted by Crippen LogP contribution is -2.37. The van der Waals surface area contributed by atoms with Crippen molar-refractivity contribution < 1.29 is 4.79 Å². The minimum atomic E-state index is -0.629. The van der Waals surface area contributed by atoms with Gasteiger partial charge in [0.1, 0.15) is 28.8 Å². The summed E-state index contributed by atoms with van der Waals surface area (Å²) in [5.74, 6) is 0.0427. The van der Waals surface area contributed by atoms with Crippen LogP contribution in [0.15, 0.2) is 58.3 Å². The van der Waals surface area contributed by atoms with Crippen molar-refractivity contribution in [2.75, 3.05) is 5.32 Å². The Morgan fingerprint density at radius 3 is 2.90 bits per heavy atom. The number of amides is 1. The first kappa shape index (κ1) is 18.8. The van der Waals surface area contributed by atoms with E-state index in [4.69, 9.17) is 16.0 Å². The molecule has 8 nitrogen and oxygen atoms in total. The van der Waals surface area contributed by atoms with Crippen LogP contribution < -0.4 is 11.1 Å². The van der Waals surface area contributed by atoms with E-state index in [-0.39, 0.29) is 11.6 Å². The minimum Gasteiger partial charge on any atom is -0.382 e. The van der Waals surface area contributed by atoms with E-state index in [0.717, 1.165) is 15.7 Å². The summed E-state index contributed by atoms with van der Waals surface area (Å²) in [4.78, 5) is 21.2. The molecular weight excluding hydrogens is 434 g/mol. The molecule has 0 radical (unpaired) electrons. The van der Waals surface area contributed by atoms with E-state index in [1.165, 1.54) is 12.3 Å². The third kappa shape index (κ3) is 3.50. The molecule has 1 atom stereocenters. The Morgan fingerprint density at radius 1 is 1.34 bits per heavy atom. The molecule has 144 valence electrons. The van der Waals surface area contributed by atoms with Crippen molar-refractivity contribution in [3.05, 3.63) is 75.8 Å². The van der Waals surface area contributed by atoms with Gasteiger partial charge < -0.3 is 11.1 Å². The summed E-state index contributed by atoms with van der Waals surface area (Å²) in [5, 5.41) is 16.0. The van der Waals surface area contributed by atoms with Crippen molar-refractivity contribution >= 4 is 33.4 Å². The number of fused-ring (bicyclic) bond motifs is 1. The lowest BCUT2D eigenvalue weighted by Gasteiger charge is -2.31. The molecular formula is C20H16BrN7O. The number of nitrogens with zero attached hydrogens (tertiary/aromatic N) is 5. The van der Waals surface area contributed by atoms with Gasteiger partial charge in [-0.1, -0.05) is 12.1 Å².